The molecule has 0 fully saturated rings. The molecule has 82 valence electrons. The Labute approximate surface area is 83.8 Å². The molecule has 0 atom stereocenters. The Morgan fingerprint density at radius 1 is 1.40 bits per heavy atom. The topological polar surface area (TPSA) is 41.8 Å². The van der Waals surface area contributed by atoms with Crippen LogP contribution in [0.4, 0.5) is 13.2 Å². The Balaban J connectivity index is 2.97. The first-order chi connectivity index (χ1) is 6.92. The van der Waals surface area contributed by atoms with Crippen molar-refractivity contribution in [1.82, 2.24) is 0 Å². The van der Waals surface area contributed by atoms with Crippen LogP contribution in [0.2, 0.25) is 0 Å². The molecule has 0 aliphatic rings. The number of aromatic hydroxyl groups is 1. The molecule has 0 amide bonds. The highest BCUT2D eigenvalue weighted by molar-refractivity contribution is 5.83. The highest BCUT2D eigenvalue weighted by Crippen LogP contribution is 2.26. The average Bonchev–Trinajstić information content (AvgIpc) is 2.09. The molecule has 0 spiro atoms. The van der Waals surface area contributed by atoms with E-state index in [0.29, 0.717) is 0 Å². The van der Waals surface area contributed by atoms with E-state index in [4.69, 9.17) is 0 Å². The second kappa shape index (κ2) is 4.20. The zero-order valence-electron chi connectivity index (χ0n) is 7.75. The quantitative estimate of drug-likeness (QED) is 0.775. The Morgan fingerprint density at radius 3 is 2.60 bits per heavy atom. The standard InChI is InChI=1S/C9H8F3NO2/c1-13-5-6-4-7(2-3-8(6)14)15-9(10,11)12/h2-5,14H,1H3. The van der Waals surface area contributed by atoms with Crippen LogP contribution < -0.4 is 4.74 Å². The first-order valence-electron chi connectivity index (χ1n) is 3.93. The van der Waals surface area contributed by atoms with Crippen molar-refractivity contribution in [1.29, 1.82) is 0 Å². The molecule has 0 heterocycles. The summed E-state index contributed by atoms with van der Waals surface area (Å²) in [6, 6.07) is 3.18. The van der Waals surface area contributed by atoms with Crippen LogP contribution in [0.3, 0.4) is 0 Å². The lowest BCUT2D eigenvalue weighted by atomic mass is 10.2. The molecular weight excluding hydrogens is 211 g/mol. The molecule has 6 heteroatoms. The van der Waals surface area contributed by atoms with Gasteiger partial charge in [0.25, 0.3) is 0 Å². The van der Waals surface area contributed by atoms with Crippen LogP contribution in [-0.2, 0) is 0 Å². The number of ether oxygens (including phenoxy) is 1. The third-order valence-electron chi connectivity index (χ3n) is 1.50. The fraction of sp³-hybridized carbons (Fsp3) is 0.222. The van der Waals surface area contributed by atoms with Gasteiger partial charge in [-0.3, -0.25) is 4.99 Å². The number of nitrogens with zero attached hydrogens (tertiary/aromatic N) is 1. The molecule has 1 aromatic carbocycles. The molecule has 1 aromatic rings. The van der Waals surface area contributed by atoms with Crippen LogP contribution in [0.25, 0.3) is 0 Å². The van der Waals surface area contributed by atoms with Gasteiger partial charge in [0.2, 0.25) is 0 Å². The van der Waals surface area contributed by atoms with Gasteiger partial charge in [-0.1, -0.05) is 0 Å². The largest absolute Gasteiger partial charge is 0.573 e. The number of phenols is 1. The molecule has 1 rings (SSSR count). The van der Waals surface area contributed by atoms with Gasteiger partial charge < -0.3 is 9.84 Å². The second-order valence-corrected chi connectivity index (χ2v) is 2.66. The van der Waals surface area contributed by atoms with Crippen LogP contribution in [0.15, 0.2) is 23.2 Å². The molecule has 0 unspecified atom stereocenters. The number of halogens is 3. The van der Waals surface area contributed by atoms with Crippen molar-refractivity contribution in [3.63, 3.8) is 0 Å². The summed E-state index contributed by atoms with van der Waals surface area (Å²) in [5, 5.41) is 9.24. The number of rotatable bonds is 2. The predicted octanol–water partition coefficient (Wildman–Crippen LogP) is 2.34. The van der Waals surface area contributed by atoms with Crippen molar-refractivity contribution in [2.24, 2.45) is 4.99 Å². The summed E-state index contributed by atoms with van der Waals surface area (Å²) in [5.74, 6) is -0.551. The van der Waals surface area contributed by atoms with E-state index in [0.717, 1.165) is 18.2 Å². The summed E-state index contributed by atoms with van der Waals surface area (Å²) >= 11 is 0. The first-order valence-corrected chi connectivity index (χ1v) is 3.93. The summed E-state index contributed by atoms with van der Waals surface area (Å²) < 4.78 is 39.2. The van der Waals surface area contributed by atoms with E-state index in [1.54, 1.807) is 0 Å². The number of alkyl halides is 3. The van der Waals surface area contributed by atoms with Gasteiger partial charge in [-0.2, -0.15) is 0 Å². The second-order valence-electron chi connectivity index (χ2n) is 2.66. The summed E-state index contributed by atoms with van der Waals surface area (Å²) in [7, 11) is 1.44. The molecule has 15 heavy (non-hydrogen) atoms. The zero-order valence-corrected chi connectivity index (χ0v) is 7.75. The highest BCUT2D eigenvalue weighted by atomic mass is 19.4. The molecule has 0 bridgehead atoms. The maximum atomic E-state index is 11.8. The van der Waals surface area contributed by atoms with Crippen molar-refractivity contribution in [2.75, 3.05) is 7.05 Å². The molecule has 0 aliphatic heterocycles. The van der Waals surface area contributed by atoms with E-state index >= 15 is 0 Å². The number of phenolic OH excluding ortho intramolecular Hbond substituents is 1. The number of hydrogen-bond acceptors (Lipinski definition) is 3. The summed E-state index contributed by atoms with van der Waals surface area (Å²) in [6.07, 6.45) is -3.50. The average molecular weight is 219 g/mol. The Kier molecular flexibility index (Phi) is 3.18. The fourth-order valence-electron chi connectivity index (χ4n) is 0.972. The lowest BCUT2D eigenvalue weighted by molar-refractivity contribution is -0.274. The van der Waals surface area contributed by atoms with Crippen molar-refractivity contribution in [2.45, 2.75) is 6.36 Å². The summed E-state index contributed by atoms with van der Waals surface area (Å²) in [4.78, 5) is 3.58. The minimum absolute atomic E-state index is 0.157. The van der Waals surface area contributed by atoms with Gasteiger partial charge in [-0.25, -0.2) is 0 Å². The van der Waals surface area contributed by atoms with Gasteiger partial charge in [-0.15, -0.1) is 13.2 Å². The molecule has 3 nitrogen and oxygen atoms in total. The van der Waals surface area contributed by atoms with Crippen molar-refractivity contribution in [3.05, 3.63) is 23.8 Å². The smallest absolute Gasteiger partial charge is 0.507 e. The molecule has 1 N–H and O–H groups in total. The van der Waals surface area contributed by atoms with E-state index in [9.17, 15) is 18.3 Å². The maximum Gasteiger partial charge on any atom is 0.573 e. The molecule has 0 aromatic heterocycles. The van der Waals surface area contributed by atoms with Gasteiger partial charge in [0.1, 0.15) is 11.5 Å². The van der Waals surface area contributed by atoms with Crippen LogP contribution >= 0.6 is 0 Å². The minimum Gasteiger partial charge on any atom is -0.507 e. The van der Waals surface area contributed by atoms with Crippen molar-refractivity contribution < 1.29 is 23.0 Å². The SMILES string of the molecule is CN=Cc1cc(OC(F)(F)F)ccc1O. The number of hydrogen-bond donors (Lipinski definition) is 1. The van der Waals surface area contributed by atoms with Crippen LogP contribution in [0, 0.1) is 0 Å². The van der Waals surface area contributed by atoms with Crippen LogP contribution in [0.5, 0.6) is 11.5 Å². The van der Waals surface area contributed by atoms with Gasteiger partial charge >= 0.3 is 6.36 Å². The summed E-state index contributed by atoms with van der Waals surface area (Å²) in [5.41, 5.74) is 0.166. The van der Waals surface area contributed by atoms with E-state index in [2.05, 4.69) is 9.73 Å². The maximum absolute atomic E-state index is 11.8. The van der Waals surface area contributed by atoms with Gasteiger partial charge in [0, 0.05) is 18.8 Å². The summed E-state index contributed by atoms with van der Waals surface area (Å²) in [6.45, 7) is 0. The minimum atomic E-state index is -4.74. The van der Waals surface area contributed by atoms with E-state index in [1.807, 2.05) is 0 Å². The Bertz CT molecular complexity index is 374. The van der Waals surface area contributed by atoms with E-state index < -0.39 is 12.1 Å². The Hall–Kier alpha value is -1.72. The lowest BCUT2D eigenvalue weighted by Gasteiger charge is -2.09. The third kappa shape index (κ3) is 3.49. The normalized spacial score (nSPS) is 12.0. The third-order valence-corrected chi connectivity index (χ3v) is 1.50. The number of benzene rings is 1. The van der Waals surface area contributed by atoms with Crippen molar-refractivity contribution >= 4 is 6.21 Å². The van der Waals surface area contributed by atoms with Crippen molar-refractivity contribution in [3.8, 4) is 11.5 Å². The fourth-order valence-corrected chi connectivity index (χ4v) is 0.972. The predicted molar refractivity (Wildman–Crippen MR) is 48.3 cm³/mol. The molecular formula is C9H8F3NO2. The first kappa shape index (κ1) is 11.4. The van der Waals surface area contributed by atoms with E-state index in [-0.39, 0.29) is 11.3 Å². The monoisotopic (exact) mass is 219 g/mol. The zero-order chi connectivity index (χ0) is 11.5. The highest BCUT2D eigenvalue weighted by Gasteiger charge is 2.31. The van der Waals surface area contributed by atoms with Gasteiger partial charge in [-0.05, 0) is 18.2 Å². The van der Waals surface area contributed by atoms with Gasteiger partial charge in [0.15, 0.2) is 0 Å². The lowest BCUT2D eigenvalue weighted by Crippen LogP contribution is -2.17. The molecule has 0 saturated carbocycles. The van der Waals surface area contributed by atoms with Crippen LogP contribution in [0.1, 0.15) is 5.56 Å². The molecule has 0 radical (unpaired) electrons. The Morgan fingerprint density at radius 2 is 2.07 bits per heavy atom. The number of aliphatic imine (C=N–C) groups is 1. The molecule has 0 saturated heterocycles. The van der Waals surface area contributed by atoms with E-state index in [1.165, 1.54) is 13.3 Å². The van der Waals surface area contributed by atoms with Crippen LogP contribution in [-0.4, -0.2) is 24.7 Å². The van der Waals surface area contributed by atoms with Gasteiger partial charge in [0.05, 0.1) is 0 Å². The molecule has 0 aliphatic carbocycles.